The Morgan fingerprint density at radius 3 is 1.14 bits per heavy atom. The Labute approximate surface area is 419 Å². The van der Waals surface area contributed by atoms with Crippen molar-refractivity contribution in [1.29, 1.82) is 0 Å². The molecule has 0 amide bonds. The van der Waals surface area contributed by atoms with E-state index in [9.17, 15) is 0 Å². The number of fused-ring (bicyclic) bond motifs is 9. The third-order valence-electron chi connectivity index (χ3n) is 16.7. The van der Waals surface area contributed by atoms with Crippen LogP contribution in [0.4, 0.5) is 17.1 Å². The van der Waals surface area contributed by atoms with Gasteiger partial charge in [-0.15, -0.1) is 0 Å². The fraction of sp³-hybridized carbons (Fsp3) is 0.304. The van der Waals surface area contributed by atoms with Crippen LogP contribution in [0.3, 0.4) is 0 Å². The van der Waals surface area contributed by atoms with Crippen LogP contribution in [0.15, 0.2) is 158 Å². The van der Waals surface area contributed by atoms with Crippen LogP contribution in [0.1, 0.15) is 154 Å². The van der Waals surface area contributed by atoms with Crippen molar-refractivity contribution in [2.75, 3.05) is 4.90 Å². The topological polar surface area (TPSA) is 3.24 Å². The highest BCUT2D eigenvalue weighted by Gasteiger charge is 2.40. The average molecular weight is 914 g/mol. The lowest BCUT2D eigenvalue weighted by Crippen LogP contribution is -2.19. The number of anilines is 3. The van der Waals surface area contributed by atoms with Crippen LogP contribution < -0.4 is 4.90 Å². The standard InChI is InChI=1S/C69H71N/c1-64(2,3)44-27-32-52-50-30-25-42(35-58(50)68(12,13)60(52)37-44)55-39-48(70(46-21-17-16-18-22-46)47-29-34-54-49-23-19-20-24-57(49)67(10,11)62(54)41-47)40-56(63(55)66(7,8)9)43-26-31-51-53-33-28-45(65(4,5)6)38-61(53)69(14,15)59(51)36-43/h16-41H,1-15H3. The summed E-state index contributed by atoms with van der Waals surface area (Å²) in [6, 6.07) is 61.4. The van der Waals surface area contributed by atoms with Crippen LogP contribution >= 0.6 is 0 Å². The zero-order valence-corrected chi connectivity index (χ0v) is 44.5. The molecule has 8 aromatic rings. The van der Waals surface area contributed by atoms with Crippen molar-refractivity contribution in [2.45, 2.75) is 136 Å². The molecule has 1 heteroatoms. The highest BCUT2D eigenvalue weighted by molar-refractivity contribution is 5.93. The van der Waals surface area contributed by atoms with Crippen molar-refractivity contribution in [1.82, 2.24) is 0 Å². The molecular weight excluding hydrogens is 843 g/mol. The van der Waals surface area contributed by atoms with E-state index in [1.165, 1.54) is 106 Å². The molecule has 0 saturated heterocycles. The third-order valence-corrected chi connectivity index (χ3v) is 16.7. The predicted molar refractivity (Wildman–Crippen MR) is 301 cm³/mol. The Bertz CT molecular complexity index is 3290. The van der Waals surface area contributed by atoms with Gasteiger partial charge in [0.25, 0.3) is 0 Å². The van der Waals surface area contributed by atoms with Crippen LogP contribution in [-0.2, 0) is 32.5 Å². The lowest BCUT2D eigenvalue weighted by Gasteiger charge is -2.33. The van der Waals surface area contributed by atoms with Gasteiger partial charge in [-0.3, -0.25) is 0 Å². The summed E-state index contributed by atoms with van der Waals surface area (Å²) in [5.41, 5.74) is 28.6. The Morgan fingerprint density at radius 1 is 0.286 bits per heavy atom. The molecule has 0 aromatic heterocycles. The van der Waals surface area contributed by atoms with Gasteiger partial charge in [-0.1, -0.05) is 213 Å². The lowest BCUT2D eigenvalue weighted by molar-refractivity contribution is 0.584. The molecule has 0 bridgehead atoms. The Hall–Kier alpha value is -6.44. The lowest BCUT2D eigenvalue weighted by atomic mass is 9.75. The number of nitrogens with zero attached hydrogens (tertiary/aromatic N) is 1. The normalized spacial score (nSPS) is 15.7. The molecule has 0 saturated carbocycles. The summed E-state index contributed by atoms with van der Waals surface area (Å²) in [5.74, 6) is 0. The van der Waals surface area contributed by atoms with Crippen molar-refractivity contribution < 1.29 is 0 Å². The van der Waals surface area contributed by atoms with Gasteiger partial charge in [-0.05, 0) is 170 Å². The van der Waals surface area contributed by atoms with E-state index in [0.717, 1.165) is 17.1 Å². The quantitative estimate of drug-likeness (QED) is 0.166. The molecule has 3 aliphatic carbocycles. The average Bonchev–Trinajstić information content (AvgIpc) is 3.79. The predicted octanol–water partition coefficient (Wildman–Crippen LogP) is 19.3. The molecule has 0 heterocycles. The molecule has 8 aromatic carbocycles. The Balaban J connectivity index is 1.17. The minimum absolute atomic E-state index is 0.0671. The molecule has 0 N–H and O–H groups in total. The van der Waals surface area contributed by atoms with Gasteiger partial charge < -0.3 is 4.90 Å². The second-order valence-electron chi connectivity index (χ2n) is 25.5. The van der Waals surface area contributed by atoms with Crippen LogP contribution in [0.25, 0.3) is 55.6 Å². The highest BCUT2D eigenvalue weighted by Crippen LogP contribution is 2.56. The van der Waals surface area contributed by atoms with E-state index in [2.05, 4.69) is 266 Å². The van der Waals surface area contributed by atoms with Gasteiger partial charge in [0.1, 0.15) is 0 Å². The number of rotatable bonds is 5. The molecule has 0 aliphatic heterocycles. The van der Waals surface area contributed by atoms with Crippen LogP contribution in [0.2, 0.25) is 0 Å². The summed E-state index contributed by atoms with van der Waals surface area (Å²) < 4.78 is 0. The first-order valence-corrected chi connectivity index (χ1v) is 25.8. The summed E-state index contributed by atoms with van der Waals surface area (Å²) in [4.78, 5) is 2.52. The first-order chi connectivity index (χ1) is 32.9. The van der Waals surface area contributed by atoms with E-state index in [1.54, 1.807) is 0 Å². The van der Waals surface area contributed by atoms with E-state index < -0.39 is 0 Å². The van der Waals surface area contributed by atoms with Gasteiger partial charge in [-0.2, -0.15) is 0 Å². The van der Waals surface area contributed by atoms with Crippen molar-refractivity contribution in [3.05, 3.63) is 208 Å². The van der Waals surface area contributed by atoms with Crippen molar-refractivity contribution >= 4 is 17.1 Å². The van der Waals surface area contributed by atoms with Gasteiger partial charge in [0.2, 0.25) is 0 Å². The maximum atomic E-state index is 2.54. The first kappa shape index (κ1) is 46.0. The molecule has 11 rings (SSSR count). The second kappa shape index (κ2) is 15.3. The summed E-state index contributed by atoms with van der Waals surface area (Å²) in [5, 5.41) is 0. The number of para-hydroxylation sites is 1. The summed E-state index contributed by atoms with van der Waals surface area (Å²) in [6.07, 6.45) is 0. The molecule has 0 unspecified atom stereocenters. The van der Waals surface area contributed by atoms with E-state index in [0.29, 0.717) is 0 Å². The smallest absolute Gasteiger partial charge is 0.0474 e. The molecule has 352 valence electrons. The summed E-state index contributed by atoms with van der Waals surface area (Å²) >= 11 is 0. The van der Waals surface area contributed by atoms with Crippen molar-refractivity contribution in [3.8, 4) is 55.6 Å². The van der Waals surface area contributed by atoms with Crippen molar-refractivity contribution in [3.63, 3.8) is 0 Å². The van der Waals surface area contributed by atoms with Crippen LogP contribution in [0, 0.1) is 0 Å². The minimum atomic E-state index is -0.206. The van der Waals surface area contributed by atoms with E-state index >= 15 is 0 Å². The zero-order chi connectivity index (χ0) is 49.7. The molecule has 3 aliphatic rings. The van der Waals surface area contributed by atoms with Gasteiger partial charge in [0.05, 0.1) is 0 Å². The molecule has 0 fully saturated rings. The Kier molecular flexibility index (Phi) is 10.0. The first-order valence-electron chi connectivity index (χ1n) is 25.8. The zero-order valence-electron chi connectivity index (χ0n) is 44.5. The molecular formula is C69H71N. The molecule has 1 nitrogen and oxygen atoms in total. The van der Waals surface area contributed by atoms with E-state index in [4.69, 9.17) is 0 Å². The minimum Gasteiger partial charge on any atom is -0.310 e. The van der Waals surface area contributed by atoms with Gasteiger partial charge in [0, 0.05) is 33.3 Å². The monoisotopic (exact) mass is 914 g/mol. The van der Waals surface area contributed by atoms with Crippen LogP contribution in [0.5, 0.6) is 0 Å². The fourth-order valence-corrected chi connectivity index (χ4v) is 12.6. The maximum absolute atomic E-state index is 2.54. The van der Waals surface area contributed by atoms with Gasteiger partial charge in [-0.25, -0.2) is 0 Å². The second-order valence-corrected chi connectivity index (χ2v) is 25.5. The summed E-state index contributed by atoms with van der Waals surface area (Å²) in [7, 11) is 0. The van der Waals surface area contributed by atoms with E-state index in [-0.39, 0.29) is 32.5 Å². The highest BCUT2D eigenvalue weighted by atomic mass is 15.1. The molecule has 0 atom stereocenters. The summed E-state index contributed by atoms with van der Waals surface area (Å²) in [6.45, 7) is 35.7. The fourth-order valence-electron chi connectivity index (χ4n) is 12.6. The molecule has 70 heavy (non-hydrogen) atoms. The van der Waals surface area contributed by atoms with Gasteiger partial charge in [0.15, 0.2) is 0 Å². The number of benzene rings is 8. The van der Waals surface area contributed by atoms with Gasteiger partial charge >= 0.3 is 0 Å². The largest absolute Gasteiger partial charge is 0.310 e. The van der Waals surface area contributed by atoms with E-state index in [1.807, 2.05) is 0 Å². The maximum Gasteiger partial charge on any atom is 0.0474 e. The number of hydrogen-bond donors (Lipinski definition) is 0. The number of hydrogen-bond acceptors (Lipinski definition) is 1. The van der Waals surface area contributed by atoms with Crippen molar-refractivity contribution in [2.24, 2.45) is 0 Å². The molecule has 0 spiro atoms. The third kappa shape index (κ3) is 7.00. The SMILES string of the molecule is CC(C)(C)c1ccc2c(c1)C(C)(C)c1cc(-c3cc(N(c4ccccc4)c4ccc5c(c4)C(C)(C)c4ccccc4-5)cc(-c4ccc5c(c4)C(C)(C)c4cc(C(C)(C)C)ccc4-5)c3C(C)(C)C)ccc1-2. The molecule has 0 radical (unpaired) electrons. The van der Waals surface area contributed by atoms with Crippen LogP contribution in [-0.4, -0.2) is 0 Å². The Morgan fingerprint density at radius 2 is 0.671 bits per heavy atom.